The van der Waals surface area contributed by atoms with Crippen molar-refractivity contribution in [2.24, 2.45) is 5.73 Å². The molecule has 0 radical (unpaired) electrons. The van der Waals surface area contributed by atoms with Gasteiger partial charge < -0.3 is 15.7 Å². The van der Waals surface area contributed by atoms with E-state index in [1.165, 1.54) is 0 Å². The summed E-state index contributed by atoms with van der Waals surface area (Å²) in [5, 5.41) is 8.86. The fraction of sp³-hybridized carbons (Fsp3) is 0.875. The van der Waals surface area contributed by atoms with Gasteiger partial charge in [-0.05, 0) is 19.8 Å². The summed E-state index contributed by atoms with van der Waals surface area (Å²) in [5.74, 6) is -0.0252. The number of nitrogens with two attached hydrogens (primary N) is 1. The van der Waals surface area contributed by atoms with Crippen LogP contribution in [0.5, 0.6) is 0 Å². The predicted octanol–water partition coefficient (Wildman–Crippen LogP) is -0.683. The van der Waals surface area contributed by atoms with Gasteiger partial charge in [0.1, 0.15) is 0 Å². The first-order chi connectivity index (χ1) is 5.66. The van der Waals surface area contributed by atoms with Crippen LogP contribution in [-0.4, -0.2) is 41.1 Å². The molecule has 1 aliphatic rings. The molecule has 12 heavy (non-hydrogen) atoms. The van der Waals surface area contributed by atoms with E-state index >= 15 is 0 Å². The number of carbonyl (C=O) groups excluding carboxylic acids is 1. The van der Waals surface area contributed by atoms with Crippen molar-refractivity contribution in [3.05, 3.63) is 0 Å². The van der Waals surface area contributed by atoms with Gasteiger partial charge in [-0.3, -0.25) is 4.79 Å². The lowest BCUT2D eigenvalue weighted by Crippen LogP contribution is -2.52. The van der Waals surface area contributed by atoms with Crippen LogP contribution in [0.1, 0.15) is 19.8 Å². The average Bonchev–Trinajstić information content (AvgIpc) is 2.08. The highest BCUT2D eigenvalue weighted by Gasteiger charge is 2.28. The van der Waals surface area contributed by atoms with Crippen LogP contribution in [0, 0.1) is 0 Å². The van der Waals surface area contributed by atoms with Gasteiger partial charge in [0.25, 0.3) is 0 Å². The Labute approximate surface area is 72.3 Å². The predicted molar refractivity (Wildman–Crippen MR) is 45.5 cm³/mol. The number of rotatable bonds is 2. The molecule has 0 aromatic rings. The fourth-order valence-electron chi connectivity index (χ4n) is 1.46. The summed E-state index contributed by atoms with van der Waals surface area (Å²) in [6.07, 6.45) is 1.71. The lowest BCUT2D eigenvalue weighted by atomic mass is 10.0. The van der Waals surface area contributed by atoms with Crippen LogP contribution in [-0.2, 0) is 4.79 Å². The molecule has 0 saturated carbocycles. The molecule has 0 spiro atoms. The van der Waals surface area contributed by atoms with Crippen molar-refractivity contribution < 1.29 is 9.90 Å². The zero-order chi connectivity index (χ0) is 9.14. The van der Waals surface area contributed by atoms with Gasteiger partial charge >= 0.3 is 0 Å². The minimum absolute atomic E-state index is 0.0124. The van der Waals surface area contributed by atoms with Crippen molar-refractivity contribution in [1.29, 1.82) is 0 Å². The Morgan fingerprint density at radius 3 is 3.08 bits per heavy atom. The number of aliphatic hydroxyl groups excluding tert-OH is 1. The maximum absolute atomic E-state index is 11.4. The van der Waals surface area contributed by atoms with Crippen LogP contribution in [0.15, 0.2) is 0 Å². The highest BCUT2D eigenvalue weighted by molar-refractivity contribution is 5.82. The van der Waals surface area contributed by atoms with Crippen LogP contribution in [0.4, 0.5) is 0 Å². The van der Waals surface area contributed by atoms with E-state index in [0.29, 0.717) is 0 Å². The SMILES string of the molecule is CC(CO)N1CCCC(N)C1=O. The molecule has 2 atom stereocenters. The Bertz CT molecular complexity index is 172. The molecule has 1 saturated heterocycles. The van der Waals surface area contributed by atoms with Crippen molar-refractivity contribution in [3.8, 4) is 0 Å². The van der Waals surface area contributed by atoms with E-state index in [4.69, 9.17) is 10.8 Å². The minimum Gasteiger partial charge on any atom is -0.394 e. The molecule has 1 heterocycles. The summed E-state index contributed by atoms with van der Waals surface area (Å²) in [4.78, 5) is 13.1. The molecule has 2 unspecified atom stereocenters. The molecule has 0 bridgehead atoms. The Kier molecular flexibility index (Phi) is 3.05. The maximum atomic E-state index is 11.4. The fourth-order valence-corrected chi connectivity index (χ4v) is 1.46. The number of carbonyl (C=O) groups is 1. The van der Waals surface area contributed by atoms with E-state index < -0.39 is 0 Å². The molecule has 70 valence electrons. The lowest BCUT2D eigenvalue weighted by Gasteiger charge is -2.34. The average molecular weight is 172 g/mol. The standard InChI is InChI=1S/C8H16N2O2/c1-6(5-11)10-4-2-3-7(9)8(10)12/h6-7,11H,2-5,9H2,1H3. The molecule has 0 aromatic heterocycles. The number of piperidine rings is 1. The minimum atomic E-state index is -0.354. The number of nitrogens with zero attached hydrogens (tertiary/aromatic N) is 1. The van der Waals surface area contributed by atoms with E-state index in [1.54, 1.807) is 4.90 Å². The summed E-state index contributed by atoms with van der Waals surface area (Å²) in [6.45, 7) is 2.57. The maximum Gasteiger partial charge on any atom is 0.239 e. The van der Waals surface area contributed by atoms with E-state index in [1.807, 2.05) is 6.92 Å². The summed E-state index contributed by atoms with van der Waals surface area (Å²) in [6, 6.07) is -0.448. The third kappa shape index (κ3) is 1.76. The van der Waals surface area contributed by atoms with E-state index in [9.17, 15) is 4.79 Å². The van der Waals surface area contributed by atoms with E-state index in [-0.39, 0.29) is 24.6 Å². The van der Waals surface area contributed by atoms with Gasteiger partial charge in [-0.1, -0.05) is 0 Å². The van der Waals surface area contributed by atoms with Crippen molar-refractivity contribution in [3.63, 3.8) is 0 Å². The largest absolute Gasteiger partial charge is 0.394 e. The lowest BCUT2D eigenvalue weighted by molar-refractivity contribution is -0.137. The van der Waals surface area contributed by atoms with Crippen LogP contribution in [0.25, 0.3) is 0 Å². The topological polar surface area (TPSA) is 66.6 Å². The highest BCUT2D eigenvalue weighted by atomic mass is 16.3. The van der Waals surface area contributed by atoms with Crippen LogP contribution in [0.3, 0.4) is 0 Å². The Balaban J connectivity index is 2.57. The molecule has 0 aromatic carbocycles. The zero-order valence-corrected chi connectivity index (χ0v) is 7.36. The molecule has 4 nitrogen and oxygen atoms in total. The zero-order valence-electron chi connectivity index (χ0n) is 7.36. The van der Waals surface area contributed by atoms with Crippen LogP contribution >= 0.6 is 0 Å². The van der Waals surface area contributed by atoms with Gasteiger partial charge in [-0.25, -0.2) is 0 Å². The molecule has 3 N–H and O–H groups in total. The summed E-state index contributed by atoms with van der Waals surface area (Å²) in [7, 11) is 0. The number of amides is 1. The Morgan fingerprint density at radius 2 is 2.50 bits per heavy atom. The van der Waals surface area contributed by atoms with Gasteiger partial charge in [0.2, 0.25) is 5.91 Å². The Morgan fingerprint density at radius 1 is 1.83 bits per heavy atom. The van der Waals surface area contributed by atoms with Gasteiger partial charge in [0, 0.05) is 6.54 Å². The summed E-state index contributed by atoms with van der Waals surface area (Å²) in [5.41, 5.74) is 5.59. The third-order valence-electron chi connectivity index (χ3n) is 2.31. The third-order valence-corrected chi connectivity index (χ3v) is 2.31. The second-order valence-electron chi connectivity index (χ2n) is 3.31. The summed E-state index contributed by atoms with van der Waals surface area (Å²) >= 11 is 0. The molecule has 1 aliphatic heterocycles. The van der Waals surface area contributed by atoms with Crippen LogP contribution in [0.2, 0.25) is 0 Å². The number of hydrogen-bond donors (Lipinski definition) is 2. The smallest absolute Gasteiger partial charge is 0.239 e. The molecule has 1 fully saturated rings. The molecule has 1 amide bonds. The molecular weight excluding hydrogens is 156 g/mol. The summed E-state index contributed by atoms with van der Waals surface area (Å²) < 4.78 is 0. The van der Waals surface area contributed by atoms with Gasteiger partial charge in [0.05, 0.1) is 18.7 Å². The first kappa shape index (κ1) is 9.48. The van der Waals surface area contributed by atoms with Crippen molar-refractivity contribution in [2.45, 2.75) is 31.8 Å². The van der Waals surface area contributed by atoms with Gasteiger partial charge in [0.15, 0.2) is 0 Å². The number of hydrogen-bond acceptors (Lipinski definition) is 3. The molecular formula is C8H16N2O2. The van der Waals surface area contributed by atoms with Crippen LogP contribution < -0.4 is 5.73 Å². The molecule has 0 aliphatic carbocycles. The monoisotopic (exact) mass is 172 g/mol. The van der Waals surface area contributed by atoms with Crippen molar-refractivity contribution >= 4 is 5.91 Å². The normalized spacial score (nSPS) is 27.4. The number of likely N-dealkylation sites (tertiary alicyclic amines) is 1. The van der Waals surface area contributed by atoms with Gasteiger partial charge in [-0.15, -0.1) is 0 Å². The first-order valence-electron chi connectivity index (χ1n) is 4.33. The first-order valence-corrected chi connectivity index (χ1v) is 4.33. The van der Waals surface area contributed by atoms with Crippen molar-refractivity contribution in [1.82, 2.24) is 4.90 Å². The second kappa shape index (κ2) is 3.87. The second-order valence-corrected chi connectivity index (χ2v) is 3.31. The molecule has 4 heteroatoms. The highest BCUT2D eigenvalue weighted by Crippen LogP contribution is 2.12. The van der Waals surface area contributed by atoms with E-state index in [2.05, 4.69) is 0 Å². The Hall–Kier alpha value is -0.610. The quantitative estimate of drug-likeness (QED) is 0.580. The molecule has 1 rings (SSSR count). The number of aliphatic hydroxyl groups is 1. The van der Waals surface area contributed by atoms with Gasteiger partial charge in [-0.2, -0.15) is 0 Å². The van der Waals surface area contributed by atoms with E-state index in [0.717, 1.165) is 19.4 Å². The van der Waals surface area contributed by atoms with Crippen molar-refractivity contribution in [2.75, 3.05) is 13.2 Å².